The Hall–Kier alpha value is -1.88. The third-order valence-electron chi connectivity index (χ3n) is 3.55. The zero-order valence-electron chi connectivity index (χ0n) is 12.3. The number of ether oxygens (including phenoxy) is 3. The maximum Gasteiger partial charge on any atom is 0.309 e. The van der Waals surface area contributed by atoms with Crippen LogP contribution in [-0.4, -0.2) is 30.9 Å². The Kier molecular flexibility index (Phi) is 4.96. The van der Waals surface area contributed by atoms with Crippen molar-refractivity contribution < 1.29 is 23.8 Å². The van der Waals surface area contributed by atoms with E-state index in [1.165, 1.54) is 14.0 Å². The number of cyclic esters (lactones) is 1. The molecule has 1 aromatic rings. The molecule has 0 bridgehead atoms. The molecular formula is C16H20O5. The Bertz CT molecular complexity index is 495. The van der Waals surface area contributed by atoms with E-state index in [0.29, 0.717) is 25.7 Å². The number of methoxy groups -OCH3 is 1. The number of hydrogen-bond donors (Lipinski definition) is 0. The normalized spacial score (nSPS) is 23.2. The molecule has 2 rings (SSSR count). The molecule has 5 heteroatoms. The van der Waals surface area contributed by atoms with Crippen LogP contribution in [0.3, 0.4) is 0 Å². The van der Waals surface area contributed by atoms with Crippen LogP contribution in [0, 0.1) is 0 Å². The zero-order chi connectivity index (χ0) is 15.3. The molecule has 0 spiro atoms. The molecule has 1 saturated heterocycles. The molecule has 21 heavy (non-hydrogen) atoms. The highest BCUT2D eigenvalue weighted by molar-refractivity contribution is 5.72. The van der Waals surface area contributed by atoms with Crippen molar-refractivity contribution in [3.8, 4) is 0 Å². The maximum atomic E-state index is 11.7. The topological polar surface area (TPSA) is 61.8 Å². The van der Waals surface area contributed by atoms with Gasteiger partial charge in [0.25, 0.3) is 5.79 Å². The van der Waals surface area contributed by atoms with Gasteiger partial charge in [0, 0.05) is 33.3 Å². The first kappa shape index (κ1) is 15.5. The van der Waals surface area contributed by atoms with Crippen LogP contribution in [0.1, 0.15) is 31.7 Å². The van der Waals surface area contributed by atoms with Gasteiger partial charge < -0.3 is 14.2 Å². The van der Waals surface area contributed by atoms with Crippen molar-refractivity contribution >= 4 is 11.9 Å². The SMILES string of the molecule is COC(Cc1ccccc1)C1(OC(C)=O)CCCC(=O)O1. The quantitative estimate of drug-likeness (QED) is 0.779. The molecule has 0 aromatic heterocycles. The van der Waals surface area contributed by atoms with E-state index in [9.17, 15) is 9.59 Å². The molecule has 0 saturated carbocycles. The minimum Gasteiger partial charge on any atom is -0.420 e. The lowest BCUT2D eigenvalue weighted by atomic mass is 9.94. The van der Waals surface area contributed by atoms with Gasteiger partial charge in [0.1, 0.15) is 6.10 Å². The summed E-state index contributed by atoms with van der Waals surface area (Å²) in [5.74, 6) is -2.18. The predicted molar refractivity (Wildman–Crippen MR) is 75.4 cm³/mol. The molecule has 1 heterocycles. The lowest BCUT2D eigenvalue weighted by Crippen LogP contribution is -2.53. The molecule has 0 amide bonds. The van der Waals surface area contributed by atoms with E-state index in [0.717, 1.165) is 5.56 Å². The van der Waals surface area contributed by atoms with Gasteiger partial charge in [0.15, 0.2) is 0 Å². The van der Waals surface area contributed by atoms with Crippen LogP contribution in [0.2, 0.25) is 0 Å². The molecule has 2 unspecified atom stereocenters. The average molecular weight is 292 g/mol. The summed E-state index contributed by atoms with van der Waals surface area (Å²) in [7, 11) is 1.53. The lowest BCUT2D eigenvalue weighted by molar-refractivity contribution is -0.274. The first-order chi connectivity index (χ1) is 10.1. The Labute approximate surface area is 124 Å². The predicted octanol–water partition coefficient (Wildman–Crippen LogP) is 2.23. The van der Waals surface area contributed by atoms with Crippen molar-refractivity contribution in [2.45, 2.75) is 44.5 Å². The van der Waals surface area contributed by atoms with E-state index >= 15 is 0 Å². The van der Waals surface area contributed by atoms with Crippen LogP contribution in [0.5, 0.6) is 0 Å². The van der Waals surface area contributed by atoms with Gasteiger partial charge in [-0.2, -0.15) is 0 Å². The number of carbonyl (C=O) groups is 2. The van der Waals surface area contributed by atoms with Crippen molar-refractivity contribution in [1.82, 2.24) is 0 Å². The van der Waals surface area contributed by atoms with Gasteiger partial charge in [-0.1, -0.05) is 30.3 Å². The second-order valence-corrected chi connectivity index (χ2v) is 5.15. The molecule has 1 aromatic carbocycles. The molecule has 0 radical (unpaired) electrons. The summed E-state index contributed by atoms with van der Waals surface area (Å²) >= 11 is 0. The highest BCUT2D eigenvalue weighted by Crippen LogP contribution is 2.33. The van der Waals surface area contributed by atoms with Crippen molar-refractivity contribution in [2.75, 3.05) is 7.11 Å². The smallest absolute Gasteiger partial charge is 0.309 e. The van der Waals surface area contributed by atoms with Crippen LogP contribution >= 0.6 is 0 Å². The van der Waals surface area contributed by atoms with Crippen LogP contribution in [0.25, 0.3) is 0 Å². The van der Waals surface area contributed by atoms with Gasteiger partial charge in [-0.25, -0.2) is 0 Å². The van der Waals surface area contributed by atoms with Crippen LogP contribution < -0.4 is 0 Å². The van der Waals surface area contributed by atoms with Gasteiger partial charge in [-0.05, 0) is 12.0 Å². The van der Waals surface area contributed by atoms with Gasteiger partial charge in [-0.15, -0.1) is 0 Å². The van der Waals surface area contributed by atoms with E-state index in [1.54, 1.807) is 0 Å². The largest absolute Gasteiger partial charge is 0.420 e. The second kappa shape index (κ2) is 6.72. The number of carbonyl (C=O) groups excluding carboxylic acids is 2. The minimum atomic E-state index is -1.33. The number of benzene rings is 1. The Morgan fingerprint density at radius 2 is 2.10 bits per heavy atom. The average Bonchev–Trinajstić information content (AvgIpc) is 2.45. The fraction of sp³-hybridized carbons (Fsp3) is 0.500. The van der Waals surface area contributed by atoms with Crippen molar-refractivity contribution in [1.29, 1.82) is 0 Å². The minimum absolute atomic E-state index is 0.338. The molecule has 114 valence electrons. The first-order valence-electron chi connectivity index (χ1n) is 7.04. The zero-order valence-corrected chi connectivity index (χ0v) is 12.3. The molecule has 1 aliphatic heterocycles. The van der Waals surface area contributed by atoms with E-state index in [2.05, 4.69) is 0 Å². The third kappa shape index (κ3) is 3.82. The third-order valence-corrected chi connectivity index (χ3v) is 3.55. The summed E-state index contributed by atoms with van der Waals surface area (Å²) in [6.07, 6.45) is 1.36. The highest BCUT2D eigenvalue weighted by Gasteiger charge is 2.48. The lowest BCUT2D eigenvalue weighted by Gasteiger charge is -2.40. The van der Waals surface area contributed by atoms with E-state index in [1.807, 2.05) is 30.3 Å². The van der Waals surface area contributed by atoms with Crippen LogP contribution in [-0.2, 0) is 30.2 Å². The fourth-order valence-corrected chi connectivity index (χ4v) is 2.63. The molecule has 1 aliphatic rings. The monoisotopic (exact) mass is 292 g/mol. The summed E-state index contributed by atoms with van der Waals surface area (Å²) in [5.41, 5.74) is 1.03. The standard InChI is InChI=1S/C16H20O5/c1-12(17)20-16(10-6-9-15(18)21-16)14(19-2)11-13-7-4-3-5-8-13/h3-5,7-8,14H,6,9-11H2,1-2H3. The van der Waals surface area contributed by atoms with Gasteiger partial charge in [0.05, 0.1) is 0 Å². The van der Waals surface area contributed by atoms with Gasteiger partial charge >= 0.3 is 11.9 Å². The number of rotatable bonds is 5. The summed E-state index contributed by atoms with van der Waals surface area (Å²) in [6, 6.07) is 9.69. The summed E-state index contributed by atoms with van der Waals surface area (Å²) in [6.45, 7) is 1.30. The Morgan fingerprint density at radius 1 is 1.38 bits per heavy atom. The highest BCUT2D eigenvalue weighted by atomic mass is 16.7. The van der Waals surface area contributed by atoms with Crippen molar-refractivity contribution in [2.24, 2.45) is 0 Å². The summed E-state index contributed by atoms with van der Waals surface area (Å²) in [5, 5.41) is 0. The van der Waals surface area contributed by atoms with Crippen LogP contribution in [0.4, 0.5) is 0 Å². The molecule has 2 atom stereocenters. The molecule has 0 N–H and O–H groups in total. The van der Waals surface area contributed by atoms with E-state index in [-0.39, 0.29) is 5.97 Å². The fourth-order valence-electron chi connectivity index (χ4n) is 2.63. The Morgan fingerprint density at radius 3 is 2.67 bits per heavy atom. The van der Waals surface area contributed by atoms with E-state index in [4.69, 9.17) is 14.2 Å². The van der Waals surface area contributed by atoms with Crippen molar-refractivity contribution in [3.63, 3.8) is 0 Å². The Balaban J connectivity index is 2.24. The second-order valence-electron chi connectivity index (χ2n) is 5.15. The summed E-state index contributed by atoms with van der Waals surface area (Å²) < 4.78 is 16.3. The molecule has 0 aliphatic carbocycles. The molecule has 1 fully saturated rings. The molecular weight excluding hydrogens is 272 g/mol. The first-order valence-corrected chi connectivity index (χ1v) is 7.04. The van der Waals surface area contributed by atoms with Gasteiger partial charge in [0.2, 0.25) is 0 Å². The van der Waals surface area contributed by atoms with Gasteiger partial charge in [-0.3, -0.25) is 9.59 Å². The van der Waals surface area contributed by atoms with E-state index < -0.39 is 17.9 Å². The number of hydrogen-bond acceptors (Lipinski definition) is 5. The molecule has 5 nitrogen and oxygen atoms in total. The van der Waals surface area contributed by atoms with Crippen LogP contribution in [0.15, 0.2) is 30.3 Å². The number of esters is 2. The van der Waals surface area contributed by atoms with Crippen molar-refractivity contribution in [3.05, 3.63) is 35.9 Å². The summed E-state index contributed by atoms with van der Waals surface area (Å²) in [4.78, 5) is 23.1. The maximum absolute atomic E-state index is 11.7.